The minimum Gasteiger partial charge on any atom is -0.122 e. The largest absolute Gasteiger partial charge is 0.122 e. The van der Waals surface area contributed by atoms with E-state index in [0.717, 1.165) is 6.42 Å². The van der Waals surface area contributed by atoms with Gasteiger partial charge in [-0.2, -0.15) is 0 Å². The maximum Gasteiger partial charge on any atom is 0.0621 e. The molecule has 0 heterocycles. The Morgan fingerprint density at radius 2 is 2.07 bits per heavy atom. The number of rotatable bonds is 1. The lowest BCUT2D eigenvalue weighted by Crippen LogP contribution is -2.43. The Labute approximate surface area is 109 Å². The molecule has 0 aromatic heterocycles. The van der Waals surface area contributed by atoms with Gasteiger partial charge in [-0.05, 0) is 12.0 Å². The Balaban J connectivity index is 2.95. The first-order chi connectivity index (χ1) is 6.41. The Morgan fingerprint density at radius 3 is 2.57 bits per heavy atom. The first-order valence-corrected chi connectivity index (χ1v) is 6.91. The third kappa shape index (κ3) is 2.42. The van der Waals surface area contributed by atoms with Crippen LogP contribution in [0.3, 0.4) is 0 Å². The van der Waals surface area contributed by atoms with Crippen LogP contribution < -0.4 is 0 Å². The minimum absolute atomic E-state index is 0.0399. The van der Waals surface area contributed by atoms with Crippen LogP contribution in [0.1, 0.15) is 20.3 Å². The molecule has 14 heavy (non-hydrogen) atoms. The Hall–Kier alpha value is 1.09. The number of hydrogen-bond acceptors (Lipinski definition) is 0. The van der Waals surface area contributed by atoms with Crippen LogP contribution in [0.5, 0.6) is 0 Å². The molecule has 1 aliphatic rings. The van der Waals surface area contributed by atoms with Gasteiger partial charge >= 0.3 is 0 Å². The van der Waals surface area contributed by atoms with Crippen LogP contribution in [0.4, 0.5) is 0 Å². The zero-order chi connectivity index (χ0) is 10.9. The second-order valence-corrected chi connectivity index (χ2v) is 6.59. The van der Waals surface area contributed by atoms with Gasteiger partial charge in [-0.25, -0.2) is 0 Å². The molecule has 0 aliphatic heterocycles. The Morgan fingerprint density at radius 1 is 1.50 bits per heavy atom. The molecule has 82 valence electrons. The molecule has 0 saturated heterocycles. The van der Waals surface area contributed by atoms with Gasteiger partial charge in [0.05, 0.1) is 5.38 Å². The molecule has 0 aromatic rings. The van der Waals surface area contributed by atoms with Crippen LogP contribution >= 0.6 is 50.7 Å². The predicted octanol–water partition coefficient (Wildman–Crippen LogP) is 4.56. The van der Waals surface area contributed by atoms with Crippen molar-refractivity contribution in [1.82, 2.24) is 0 Å². The zero-order valence-electron chi connectivity index (χ0n) is 8.24. The zero-order valence-corrected chi connectivity index (χ0v) is 12.1. The second-order valence-electron chi connectivity index (χ2n) is 4.21. The van der Waals surface area contributed by atoms with Crippen molar-refractivity contribution >= 4 is 50.7 Å². The summed E-state index contributed by atoms with van der Waals surface area (Å²) in [5.41, 5.74) is 1.09. The maximum absolute atomic E-state index is 6.40. The molecule has 0 amide bonds. The van der Waals surface area contributed by atoms with Gasteiger partial charge in [-0.1, -0.05) is 35.9 Å². The van der Waals surface area contributed by atoms with Gasteiger partial charge in [0.15, 0.2) is 0 Å². The van der Waals surface area contributed by atoms with Crippen LogP contribution in [-0.4, -0.2) is 21.5 Å². The second kappa shape index (κ2) is 4.95. The fraction of sp³-hybridized carbons (Fsp3) is 0.800. The highest BCUT2D eigenvalue weighted by Crippen LogP contribution is 2.47. The maximum atomic E-state index is 6.40. The van der Waals surface area contributed by atoms with Crippen LogP contribution in [0.25, 0.3) is 0 Å². The summed E-state index contributed by atoms with van der Waals surface area (Å²) in [6, 6.07) is 0. The summed E-state index contributed by atoms with van der Waals surface area (Å²) in [7, 11) is 0. The van der Waals surface area contributed by atoms with Crippen molar-refractivity contribution in [3.8, 4) is 0 Å². The van der Waals surface area contributed by atoms with Gasteiger partial charge in [0, 0.05) is 21.5 Å². The van der Waals surface area contributed by atoms with E-state index in [1.807, 2.05) is 6.08 Å². The third-order valence-electron chi connectivity index (χ3n) is 2.84. The van der Waals surface area contributed by atoms with E-state index < -0.39 is 0 Å². The van der Waals surface area contributed by atoms with Crippen molar-refractivity contribution in [3.63, 3.8) is 0 Å². The average molecular weight is 320 g/mol. The van der Waals surface area contributed by atoms with E-state index in [-0.39, 0.29) is 21.0 Å². The molecule has 1 fully saturated rings. The molecular formula is C10H14BrCl3. The van der Waals surface area contributed by atoms with Crippen molar-refractivity contribution < 1.29 is 0 Å². The van der Waals surface area contributed by atoms with Gasteiger partial charge in [0.1, 0.15) is 0 Å². The van der Waals surface area contributed by atoms with Gasteiger partial charge in [-0.15, -0.1) is 34.8 Å². The molecule has 0 aromatic carbocycles. The number of halogens is 4. The molecule has 0 radical (unpaired) electrons. The lowest BCUT2D eigenvalue weighted by molar-refractivity contribution is 0.308. The van der Waals surface area contributed by atoms with Crippen LogP contribution in [0.15, 0.2) is 11.6 Å². The molecule has 1 rings (SSSR count). The van der Waals surface area contributed by atoms with Crippen molar-refractivity contribution in [3.05, 3.63) is 11.6 Å². The van der Waals surface area contributed by atoms with Gasteiger partial charge in [-0.3, -0.25) is 0 Å². The molecule has 0 N–H and O–H groups in total. The highest BCUT2D eigenvalue weighted by atomic mass is 79.9. The fourth-order valence-electron chi connectivity index (χ4n) is 1.69. The summed E-state index contributed by atoms with van der Waals surface area (Å²) in [5, 5.41) is 0.0590. The molecule has 3 unspecified atom stereocenters. The lowest BCUT2D eigenvalue weighted by atomic mass is 9.74. The van der Waals surface area contributed by atoms with E-state index in [0.29, 0.717) is 5.88 Å². The fourth-order valence-corrected chi connectivity index (χ4v) is 3.82. The predicted molar refractivity (Wildman–Crippen MR) is 69.2 cm³/mol. The number of alkyl halides is 4. The first-order valence-electron chi connectivity index (χ1n) is 4.59. The summed E-state index contributed by atoms with van der Waals surface area (Å²) in [5.74, 6) is 0.504. The lowest BCUT2D eigenvalue weighted by Gasteiger charge is -2.43. The van der Waals surface area contributed by atoms with Gasteiger partial charge in [0.2, 0.25) is 0 Å². The van der Waals surface area contributed by atoms with Crippen molar-refractivity contribution in [2.24, 2.45) is 5.41 Å². The summed E-state index contributed by atoms with van der Waals surface area (Å²) >= 11 is 22.0. The highest BCUT2D eigenvalue weighted by molar-refractivity contribution is 9.09. The summed E-state index contributed by atoms with van der Waals surface area (Å²) < 4.78 is 0. The Bertz CT molecular complexity index is 238. The van der Waals surface area contributed by atoms with Crippen molar-refractivity contribution in [2.45, 2.75) is 35.8 Å². The van der Waals surface area contributed by atoms with Crippen molar-refractivity contribution in [2.75, 3.05) is 5.88 Å². The molecule has 0 bridgehead atoms. The topological polar surface area (TPSA) is 0 Å². The standard InChI is InChI=1S/C10H14BrCl3/c1-10(2)8(13)5-7(11)6(3-4-12)9(10)14/h3,7-9H,4-5H2,1-2H3/b6-3+. The van der Waals surface area contributed by atoms with E-state index in [9.17, 15) is 0 Å². The third-order valence-corrected chi connectivity index (χ3v) is 5.45. The highest BCUT2D eigenvalue weighted by Gasteiger charge is 2.44. The molecule has 1 saturated carbocycles. The molecule has 0 spiro atoms. The normalized spacial score (nSPS) is 40.1. The van der Waals surface area contributed by atoms with Crippen LogP contribution in [0.2, 0.25) is 0 Å². The summed E-state index contributed by atoms with van der Waals surface area (Å²) in [6.07, 6.45) is 2.89. The van der Waals surface area contributed by atoms with Crippen molar-refractivity contribution in [1.29, 1.82) is 0 Å². The van der Waals surface area contributed by atoms with E-state index in [1.54, 1.807) is 0 Å². The number of allylic oxidation sites excluding steroid dienone is 2. The Kier molecular flexibility index (Phi) is 4.65. The molecule has 3 atom stereocenters. The summed E-state index contributed by atoms with van der Waals surface area (Å²) in [4.78, 5) is 0.263. The van der Waals surface area contributed by atoms with Crippen LogP contribution in [-0.2, 0) is 0 Å². The van der Waals surface area contributed by atoms with E-state index in [4.69, 9.17) is 34.8 Å². The molecule has 1 aliphatic carbocycles. The summed E-state index contributed by atoms with van der Waals surface area (Å²) in [6.45, 7) is 4.20. The average Bonchev–Trinajstić information content (AvgIpc) is 2.10. The smallest absolute Gasteiger partial charge is 0.0621 e. The first kappa shape index (κ1) is 13.2. The molecular weight excluding hydrogens is 306 g/mol. The van der Waals surface area contributed by atoms with E-state index >= 15 is 0 Å². The van der Waals surface area contributed by atoms with Gasteiger partial charge < -0.3 is 0 Å². The SMILES string of the molecule is CC1(C)C(Cl)CC(Br)/C(=C\CCl)C1Cl. The molecule has 0 nitrogen and oxygen atoms in total. The van der Waals surface area contributed by atoms with E-state index in [1.165, 1.54) is 5.57 Å². The minimum atomic E-state index is -0.0781. The van der Waals surface area contributed by atoms with Gasteiger partial charge in [0.25, 0.3) is 0 Å². The van der Waals surface area contributed by atoms with E-state index in [2.05, 4.69) is 29.8 Å². The van der Waals surface area contributed by atoms with Crippen LogP contribution in [0, 0.1) is 5.41 Å². The quantitative estimate of drug-likeness (QED) is 0.491. The monoisotopic (exact) mass is 318 g/mol. The molecule has 4 heteroatoms. The number of hydrogen-bond donors (Lipinski definition) is 0.